The molecule has 34 heavy (non-hydrogen) atoms. The molecule has 172 valence electrons. The number of azo groups is 1. The van der Waals surface area contributed by atoms with Gasteiger partial charge in [-0.1, -0.05) is 30.3 Å². The van der Waals surface area contributed by atoms with Crippen LogP contribution in [0.25, 0.3) is 0 Å². The zero-order chi connectivity index (χ0) is 23.9. The van der Waals surface area contributed by atoms with E-state index in [1.54, 1.807) is 60.7 Å². The van der Waals surface area contributed by atoms with E-state index in [2.05, 4.69) is 25.8 Å². The van der Waals surface area contributed by atoms with Crippen LogP contribution in [0.15, 0.2) is 77.0 Å². The standard InChI is InChI=1S/C24H22N6O4/c25-22-18(30-29-17-8-4-5-9-19(17)34-24(33)16-10-11-16)12-13-20(28-22)27-21(31)14-26-23(32)15-6-2-1-3-7-15/h1-9,12-13,16H,10-11,14H2,(H,26,32)(H3,25,27,28,31)/b30-29+. The first kappa shape index (κ1) is 22.6. The van der Waals surface area contributed by atoms with Crippen LogP contribution in [0.5, 0.6) is 5.75 Å². The summed E-state index contributed by atoms with van der Waals surface area (Å²) in [4.78, 5) is 40.2. The third-order valence-corrected chi connectivity index (χ3v) is 4.87. The van der Waals surface area contributed by atoms with Gasteiger partial charge < -0.3 is 21.1 Å². The van der Waals surface area contributed by atoms with Gasteiger partial charge in [0, 0.05) is 5.56 Å². The summed E-state index contributed by atoms with van der Waals surface area (Å²) in [7, 11) is 0. The van der Waals surface area contributed by atoms with E-state index in [9.17, 15) is 14.4 Å². The van der Waals surface area contributed by atoms with Gasteiger partial charge in [0.05, 0.1) is 12.5 Å². The molecule has 10 nitrogen and oxygen atoms in total. The largest absolute Gasteiger partial charge is 0.424 e. The number of pyridine rings is 1. The highest BCUT2D eigenvalue weighted by atomic mass is 16.5. The van der Waals surface area contributed by atoms with Gasteiger partial charge in [0.2, 0.25) is 5.91 Å². The minimum Gasteiger partial charge on any atom is -0.424 e. The predicted molar refractivity (Wildman–Crippen MR) is 125 cm³/mol. The van der Waals surface area contributed by atoms with Crippen LogP contribution in [0.3, 0.4) is 0 Å². The van der Waals surface area contributed by atoms with Crippen LogP contribution in [0, 0.1) is 5.92 Å². The van der Waals surface area contributed by atoms with Crippen molar-refractivity contribution in [3.05, 3.63) is 72.3 Å². The summed E-state index contributed by atoms with van der Waals surface area (Å²) in [5.74, 6) is -0.574. The highest BCUT2D eigenvalue weighted by molar-refractivity contribution is 5.99. The average Bonchev–Trinajstić information content (AvgIpc) is 3.69. The number of nitrogens with two attached hydrogens (primary N) is 1. The number of carbonyl (C=O) groups excluding carboxylic acids is 3. The van der Waals surface area contributed by atoms with Crippen molar-refractivity contribution in [2.24, 2.45) is 16.1 Å². The maximum atomic E-state index is 12.1. The molecule has 1 aliphatic rings. The molecule has 10 heteroatoms. The topological polar surface area (TPSA) is 148 Å². The summed E-state index contributed by atoms with van der Waals surface area (Å²) < 4.78 is 5.40. The molecule has 0 atom stereocenters. The highest BCUT2D eigenvalue weighted by Crippen LogP contribution is 2.34. The molecule has 2 amide bonds. The van der Waals surface area contributed by atoms with Crippen molar-refractivity contribution in [1.29, 1.82) is 0 Å². The van der Waals surface area contributed by atoms with Crippen LogP contribution in [0.2, 0.25) is 0 Å². The average molecular weight is 458 g/mol. The summed E-state index contributed by atoms with van der Waals surface area (Å²) >= 11 is 0. The summed E-state index contributed by atoms with van der Waals surface area (Å²) in [5, 5.41) is 13.3. The van der Waals surface area contributed by atoms with E-state index in [0.717, 1.165) is 12.8 Å². The molecule has 0 bridgehead atoms. The Morgan fingerprint density at radius 2 is 1.65 bits per heavy atom. The lowest BCUT2D eigenvalue weighted by molar-refractivity contribution is -0.135. The van der Waals surface area contributed by atoms with Crippen molar-refractivity contribution in [3.8, 4) is 5.75 Å². The van der Waals surface area contributed by atoms with E-state index < -0.39 is 5.91 Å². The Labute approximate surface area is 195 Å². The second-order valence-electron chi connectivity index (χ2n) is 7.56. The van der Waals surface area contributed by atoms with Gasteiger partial charge >= 0.3 is 5.97 Å². The monoisotopic (exact) mass is 458 g/mol. The van der Waals surface area contributed by atoms with Gasteiger partial charge in [0.1, 0.15) is 17.2 Å². The molecular weight excluding hydrogens is 436 g/mol. The molecule has 1 aliphatic carbocycles. The number of nitrogens with one attached hydrogen (secondary N) is 2. The number of aromatic nitrogens is 1. The minimum absolute atomic E-state index is 0.0424. The Hall–Kier alpha value is -4.60. The van der Waals surface area contributed by atoms with Crippen molar-refractivity contribution < 1.29 is 19.1 Å². The Balaban J connectivity index is 1.35. The molecule has 4 N–H and O–H groups in total. The van der Waals surface area contributed by atoms with E-state index >= 15 is 0 Å². The normalized spacial score (nSPS) is 12.8. The molecule has 2 aromatic carbocycles. The lowest BCUT2D eigenvalue weighted by Crippen LogP contribution is -2.33. The van der Waals surface area contributed by atoms with Gasteiger partial charge in [-0.15, -0.1) is 10.2 Å². The van der Waals surface area contributed by atoms with E-state index in [0.29, 0.717) is 17.0 Å². The highest BCUT2D eigenvalue weighted by Gasteiger charge is 2.32. The summed E-state index contributed by atoms with van der Waals surface area (Å²) in [6.45, 7) is -0.229. The third-order valence-electron chi connectivity index (χ3n) is 4.87. The third kappa shape index (κ3) is 6.00. The number of hydrogen-bond donors (Lipinski definition) is 3. The maximum absolute atomic E-state index is 12.1. The first-order chi connectivity index (χ1) is 16.5. The number of esters is 1. The van der Waals surface area contributed by atoms with Gasteiger partial charge in [0.25, 0.3) is 5.91 Å². The number of para-hydroxylation sites is 1. The number of nitrogen functional groups attached to an aromatic ring is 1. The van der Waals surface area contributed by atoms with Gasteiger partial charge in [-0.05, 0) is 49.2 Å². The van der Waals surface area contributed by atoms with Crippen molar-refractivity contribution in [1.82, 2.24) is 10.3 Å². The van der Waals surface area contributed by atoms with Crippen molar-refractivity contribution in [2.45, 2.75) is 12.8 Å². The smallest absolute Gasteiger partial charge is 0.314 e. The van der Waals surface area contributed by atoms with Crippen molar-refractivity contribution in [2.75, 3.05) is 17.6 Å². The number of rotatable bonds is 8. The Bertz CT molecular complexity index is 1240. The Morgan fingerprint density at radius 1 is 0.941 bits per heavy atom. The molecule has 0 saturated heterocycles. The van der Waals surface area contributed by atoms with E-state index in [4.69, 9.17) is 10.5 Å². The molecule has 0 spiro atoms. The van der Waals surface area contributed by atoms with Crippen LogP contribution >= 0.6 is 0 Å². The molecular formula is C24H22N6O4. The molecule has 3 aromatic rings. The number of hydrogen-bond acceptors (Lipinski definition) is 8. The fraction of sp³-hybridized carbons (Fsp3) is 0.167. The molecule has 1 fully saturated rings. The van der Waals surface area contributed by atoms with Crippen LogP contribution in [-0.2, 0) is 9.59 Å². The molecule has 0 radical (unpaired) electrons. The number of amides is 2. The number of benzene rings is 2. The quantitative estimate of drug-likeness (QED) is 0.266. The molecule has 4 rings (SSSR count). The Morgan fingerprint density at radius 3 is 2.38 bits per heavy atom. The molecule has 1 heterocycles. The lowest BCUT2D eigenvalue weighted by atomic mass is 10.2. The second-order valence-corrected chi connectivity index (χ2v) is 7.56. The van der Waals surface area contributed by atoms with Crippen LogP contribution in [-0.4, -0.2) is 29.3 Å². The molecule has 1 aromatic heterocycles. The first-order valence-corrected chi connectivity index (χ1v) is 10.6. The zero-order valence-corrected chi connectivity index (χ0v) is 18.1. The maximum Gasteiger partial charge on any atom is 0.314 e. The van der Waals surface area contributed by atoms with Crippen LogP contribution < -0.4 is 21.1 Å². The summed E-state index contributed by atoms with van der Waals surface area (Å²) in [5.41, 5.74) is 7.06. The molecule has 1 saturated carbocycles. The first-order valence-electron chi connectivity index (χ1n) is 10.6. The zero-order valence-electron chi connectivity index (χ0n) is 18.1. The Kier molecular flexibility index (Phi) is 6.87. The number of anilines is 2. The fourth-order valence-electron chi connectivity index (χ4n) is 2.91. The van der Waals surface area contributed by atoms with E-state index in [1.807, 2.05) is 0 Å². The van der Waals surface area contributed by atoms with Gasteiger partial charge in [-0.25, -0.2) is 4.98 Å². The number of nitrogens with zero attached hydrogens (tertiary/aromatic N) is 3. The van der Waals surface area contributed by atoms with Crippen LogP contribution in [0.1, 0.15) is 23.2 Å². The summed E-state index contributed by atoms with van der Waals surface area (Å²) in [6.07, 6.45) is 1.68. The van der Waals surface area contributed by atoms with E-state index in [-0.39, 0.29) is 41.7 Å². The van der Waals surface area contributed by atoms with Gasteiger partial charge in [-0.3, -0.25) is 14.4 Å². The number of ether oxygens (including phenoxy) is 1. The molecule has 0 unspecified atom stereocenters. The van der Waals surface area contributed by atoms with Crippen molar-refractivity contribution >= 4 is 40.8 Å². The minimum atomic E-state index is -0.461. The predicted octanol–water partition coefficient (Wildman–Crippen LogP) is 3.76. The van der Waals surface area contributed by atoms with Gasteiger partial charge in [0.15, 0.2) is 11.6 Å². The van der Waals surface area contributed by atoms with E-state index in [1.165, 1.54) is 6.07 Å². The SMILES string of the molecule is Nc1nc(NC(=O)CNC(=O)c2ccccc2)ccc1/N=N/c1ccccc1OC(=O)C1CC1. The summed E-state index contributed by atoms with van der Waals surface area (Å²) in [6, 6.07) is 18.4. The van der Waals surface area contributed by atoms with Gasteiger partial charge in [-0.2, -0.15) is 0 Å². The van der Waals surface area contributed by atoms with Crippen molar-refractivity contribution in [3.63, 3.8) is 0 Å². The fourth-order valence-corrected chi connectivity index (χ4v) is 2.91. The van der Waals surface area contributed by atoms with Crippen LogP contribution in [0.4, 0.5) is 23.0 Å². The number of carbonyl (C=O) groups is 3. The molecule has 0 aliphatic heterocycles. The second kappa shape index (κ2) is 10.3. The lowest BCUT2D eigenvalue weighted by Gasteiger charge is -2.08.